The van der Waals surface area contributed by atoms with Crippen molar-refractivity contribution in [3.05, 3.63) is 0 Å². The molecule has 1 nitrogen and oxygen atoms in total. The fourth-order valence-corrected chi connectivity index (χ4v) is 2.91. The minimum absolute atomic E-state index is 0.0420. The third kappa shape index (κ3) is 3.35. The molecule has 1 aliphatic rings. The number of nitrogens with zero attached hydrogens (tertiary/aromatic N) is 1. The van der Waals surface area contributed by atoms with Gasteiger partial charge in [-0.2, -0.15) is 24.9 Å². The predicted octanol–water partition coefficient (Wildman–Crippen LogP) is 2.76. The zero-order valence-corrected chi connectivity index (χ0v) is 9.29. The smallest absolute Gasteiger partial charge is 0.291 e. The first-order valence-electron chi connectivity index (χ1n) is 4.77. The summed E-state index contributed by atoms with van der Waals surface area (Å²) in [5.41, 5.74) is 0. The molecule has 0 spiro atoms. The molecule has 0 unspecified atom stereocenters. The normalized spacial score (nSPS) is 30.6. The van der Waals surface area contributed by atoms with Gasteiger partial charge in [0.1, 0.15) is 0 Å². The zero-order chi connectivity index (χ0) is 10.8. The summed E-state index contributed by atoms with van der Waals surface area (Å²) < 4.78 is 36.6. The third-order valence-electron chi connectivity index (χ3n) is 2.73. The summed E-state index contributed by atoms with van der Waals surface area (Å²) in [7, 11) is 0. The molecule has 14 heavy (non-hydrogen) atoms. The molecule has 0 radical (unpaired) electrons. The molecular formula is C9H16F3NS. The van der Waals surface area contributed by atoms with E-state index in [0.717, 1.165) is 12.8 Å². The summed E-state index contributed by atoms with van der Waals surface area (Å²) in [5.74, 6) is 0. The Balaban J connectivity index is 2.52. The van der Waals surface area contributed by atoms with E-state index in [0.29, 0.717) is 11.8 Å². The third-order valence-corrected chi connectivity index (χ3v) is 3.97. The van der Waals surface area contributed by atoms with E-state index in [4.69, 9.17) is 0 Å². The summed E-state index contributed by atoms with van der Waals surface area (Å²) in [6.45, 7) is 1.72. The van der Waals surface area contributed by atoms with Crippen molar-refractivity contribution in [2.75, 3.05) is 19.3 Å². The van der Waals surface area contributed by atoms with Crippen LogP contribution in [0.15, 0.2) is 0 Å². The van der Waals surface area contributed by atoms with E-state index in [1.807, 2.05) is 13.2 Å². The van der Waals surface area contributed by atoms with Crippen LogP contribution in [0.3, 0.4) is 0 Å². The van der Waals surface area contributed by atoms with Crippen molar-refractivity contribution < 1.29 is 13.2 Å². The Morgan fingerprint density at radius 2 is 2.07 bits per heavy atom. The molecule has 0 aliphatic carbocycles. The summed E-state index contributed by atoms with van der Waals surface area (Å²) in [6, 6.07) is 0.0420. The largest absolute Gasteiger partial charge is 0.401 e. The SMILES string of the molecule is CS[C@@H]1CCCN(CC(F)(F)F)[C@@H]1C. The predicted molar refractivity (Wildman–Crippen MR) is 53.6 cm³/mol. The van der Waals surface area contributed by atoms with Crippen molar-refractivity contribution in [1.82, 2.24) is 4.90 Å². The molecular weight excluding hydrogens is 211 g/mol. The molecule has 1 fully saturated rings. The number of alkyl halides is 3. The van der Waals surface area contributed by atoms with E-state index < -0.39 is 12.7 Å². The van der Waals surface area contributed by atoms with E-state index in [-0.39, 0.29) is 6.04 Å². The van der Waals surface area contributed by atoms with Crippen LogP contribution in [0.5, 0.6) is 0 Å². The summed E-state index contributed by atoms with van der Waals surface area (Å²) in [6.07, 6.45) is -0.171. The van der Waals surface area contributed by atoms with Crippen molar-refractivity contribution in [3.63, 3.8) is 0 Å². The fraction of sp³-hybridized carbons (Fsp3) is 1.00. The molecule has 1 aliphatic heterocycles. The van der Waals surface area contributed by atoms with E-state index >= 15 is 0 Å². The average Bonchev–Trinajstić information content (AvgIpc) is 2.06. The number of hydrogen-bond donors (Lipinski definition) is 0. The monoisotopic (exact) mass is 227 g/mol. The molecule has 0 aromatic carbocycles. The molecule has 0 N–H and O–H groups in total. The topological polar surface area (TPSA) is 3.24 Å². The standard InChI is InChI=1S/C9H16F3NS/c1-7-8(14-2)4-3-5-13(7)6-9(10,11)12/h7-8H,3-6H2,1-2H3/t7-,8-/m1/s1. The van der Waals surface area contributed by atoms with Crippen molar-refractivity contribution in [2.24, 2.45) is 0 Å². The molecule has 0 bridgehead atoms. The van der Waals surface area contributed by atoms with E-state index in [9.17, 15) is 13.2 Å². The van der Waals surface area contributed by atoms with Crippen LogP contribution >= 0.6 is 11.8 Å². The highest BCUT2D eigenvalue weighted by Crippen LogP contribution is 2.28. The van der Waals surface area contributed by atoms with Crippen LogP contribution in [0, 0.1) is 0 Å². The Morgan fingerprint density at radius 1 is 1.43 bits per heavy atom. The number of likely N-dealkylation sites (tertiary alicyclic amines) is 1. The van der Waals surface area contributed by atoms with Gasteiger partial charge in [-0.05, 0) is 32.6 Å². The molecule has 2 atom stereocenters. The van der Waals surface area contributed by atoms with Gasteiger partial charge < -0.3 is 0 Å². The van der Waals surface area contributed by atoms with Gasteiger partial charge in [-0.3, -0.25) is 4.90 Å². The van der Waals surface area contributed by atoms with Crippen molar-refractivity contribution in [1.29, 1.82) is 0 Å². The highest BCUT2D eigenvalue weighted by Gasteiger charge is 2.36. The zero-order valence-electron chi connectivity index (χ0n) is 8.47. The number of piperidine rings is 1. The Hall–Kier alpha value is 0.100. The molecule has 5 heteroatoms. The van der Waals surface area contributed by atoms with Crippen LogP contribution in [0.4, 0.5) is 13.2 Å². The quantitative estimate of drug-likeness (QED) is 0.713. The molecule has 1 rings (SSSR count). The maximum absolute atomic E-state index is 12.2. The van der Waals surface area contributed by atoms with E-state index in [1.165, 1.54) is 0 Å². The van der Waals surface area contributed by atoms with Crippen molar-refractivity contribution >= 4 is 11.8 Å². The molecule has 0 aromatic rings. The Kier molecular flexibility index (Phi) is 4.13. The number of hydrogen-bond acceptors (Lipinski definition) is 2. The minimum Gasteiger partial charge on any atom is -0.291 e. The van der Waals surface area contributed by atoms with Crippen LogP contribution in [0.25, 0.3) is 0 Å². The van der Waals surface area contributed by atoms with Gasteiger partial charge in [0, 0.05) is 11.3 Å². The van der Waals surface area contributed by atoms with Gasteiger partial charge in [0.25, 0.3) is 0 Å². The summed E-state index contributed by atoms with van der Waals surface area (Å²) in [4.78, 5) is 1.55. The van der Waals surface area contributed by atoms with Gasteiger partial charge in [-0.1, -0.05) is 0 Å². The molecule has 1 saturated heterocycles. The van der Waals surface area contributed by atoms with Crippen molar-refractivity contribution in [3.8, 4) is 0 Å². The Bertz CT molecular complexity index is 183. The lowest BCUT2D eigenvalue weighted by atomic mass is 10.0. The summed E-state index contributed by atoms with van der Waals surface area (Å²) >= 11 is 1.67. The average molecular weight is 227 g/mol. The lowest BCUT2D eigenvalue weighted by Gasteiger charge is -2.38. The van der Waals surface area contributed by atoms with Gasteiger partial charge in [0.05, 0.1) is 6.54 Å². The second kappa shape index (κ2) is 4.75. The van der Waals surface area contributed by atoms with Gasteiger partial charge in [0.2, 0.25) is 0 Å². The highest BCUT2D eigenvalue weighted by atomic mass is 32.2. The number of rotatable bonds is 2. The van der Waals surface area contributed by atoms with Crippen LogP contribution < -0.4 is 0 Å². The second-order valence-corrected chi connectivity index (χ2v) is 4.82. The van der Waals surface area contributed by atoms with Gasteiger partial charge in [-0.25, -0.2) is 0 Å². The molecule has 0 saturated carbocycles. The molecule has 0 amide bonds. The lowest BCUT2D eigenvalue weighted by Crippen LogP contribution is -2.48. The van der Waals surface area contributed by atoms with E-state index in [2.05, 4.69) is 0 Å². The molecule has 1 heterocycles. The molecule has 84 valence electrons. The van der Waals surface area contributed by atoms with Crippen LogP contribution in [-0.4, -0.2) is 41.7 Å². The Labute approximate surface area is 87.0 Å². The Morgan fingerprint density at radius 3 is 2.57 bits per heavy atom. The van der Waals surface area contributed by atoms with Crippen LogP contribution in [-0.2, 0) is 0 Å². The van der Waals surface area contributed by atoms with Gasteiger partial charge in [-0.15, -0.1) is 0 Å². The molecule has 0 aromatic heterocycles. The minimum atomic E-state index is -4.06. The highest BCUT2D eigenvalue weighted by molar-refractivity contribution is 7.99. The first-order valence-corrected chi connectivity index (χ1v) is 6.06. The number of halogens is 3. The first kappa shape index (κ1) is 12.2. The second-order valence-electron chi connectivity index (χ2n) is 3.74. The summed E-state index contributed by atoms with van der Waals surface area (Å²) in [5, 5.41) is 0.353. The van der Waals surface area contributed by atoms with Crippen LogP contribution in [0.1, 0.15) is 19.8 Å². The van der Waals surface area contributed by atoms with Crippen LogP contribution in [0.2, 0.25) is 0 Å². The lowest BCUT2D eigenvalue weighted by molar-refractivity contribution is -0.152. The van der Waals surface area contributed by atoms with Crippen molar-refractivity contribution in [2.45, 2.75) is 37.2 Å². The number of thioether (sulfide) groups is 1. The maximum atomic E-state index is 12.2. The van der Waals surface area contributed by atoms with Gasteiger partial charge in [0.15, 0.2) is 0 Å². The van der Waals surface area contributed by atoms with E-state index in [1.54, 1.807) is 16.7 Å². The van der Waals surface area contributed by atoms with Gasteiger partial charge >= 0.3 is 6.18 Å². The maximum Gasteiger partial charge on any atom is 0.401 e. The fourth-order valence-electron chi connectivity index (χ4n) is 1.94. The first-order chi connectivity index (χ1) is 6.44.